The number of fused-ring (bicyclic) bond motifs is 1. The van der Waals surface area contributed by atoms with Crippen molar-refractivity contribution in [3.8, 4) is 0 Å². The van der Waals surface area contributed by atoms with Gasteiger partial charge in [0, 0.05) is 42.0 Å². The first-order valence-electron chi connectivity index (χ1n) is 8.41. The van der Waals surface area contributed by atoms with E-state index in [9.17, 15) is 9.59 Å². The number of nitrogens with one attached hydrogen (secondary N) is 3. The van der Waals surface area contributed by atoms with Gasteiger partial charge in [0.1, 0.15) is 6.04 Å². The van der Waals surface area contributed by atoms with Gasteiger partial charge in [0.25, 0.3) is 0 Å². The largest absolute Gasteiger partial charge is 0.480 e. The van der Waals surface area contributed by atoms with Gasteiger partial charge in [-0.3, -0.25) is 4.79 Å². The summed E-state index contributed by atoms with van der Waals surface area (Å²) in [5.74, 6) is 4.42. The predicted octanol–water partition coefficient (Wildman–Crippen LogP) is -0.214. The fourth-order valence-corrected chi connectivity index (χ4v) is 2.35. The van der Waals surface area contributed by atoms with Gasteiger partial charge in [-0.05, 0) is 0 Å². The van der Waals surface area contributed by atoms with Crippen LogP contribution < -0.4 is 22.3 Å². The number of H-pyrrole nitrogens is 1. The molecule has 11 nitrogen and oxygen atoms in total. The Morgan fingerprint density at radius 2 is 2.04 bits per heavy atom. The second kappa shape index (κ2) is 10.5. The van der Waals surface area contributed by atoms with Crippen molar-refractivity contribution in [1.82, 2.24) is 25.5 Å². The number of carbonyl (C=O) groups is 2. The summed E-state index contributed by atoms with van der Waals surface area (Å²) in [4.78, 5) is 28.6. The van der Waals surface area contributed by atoms with Crippen LogP contribution >= 0.6 is 0 Å². The molecule has 11 heteroatoms. The van der Waals surface area contributed by atoms with Crippen LogP contribution in [0.25, 0.3) is 10.8 Å². The number of aromatic amines is 1. The van der Waals surface area contributed by atoms with Crippen molar-refractivity contribution in [2.75, 3.05) is 12.0 Å². The average Bonchev–Trinajstić information content (AvgIpc) is 3.21. The van der Waals surface area contributed by atoms with E-state index < -0.39 is 12.0 Å². The molecule has 0 saturated carbocycles. The van der Waals surface area contributed by atoms with E-state index in [2.05, 4.69) is 30.9 Å². The summed E-state index contributed by atoms with van der Waals surface area (Å²) in [7, 11) is 0. The molecule has 1 aromatic carbocycles. The van der Waals surface area contributed by atoms with E-state index in [-0.39, 0.29) is 25.3 Å². The van der Waals surface area contributed by atoms with Gasteiger partial charge in [0.05, 0.1) is 12.5 Å². The number of imidazole rings is 1. The molecule has 0 bridgehead atoms. The predicted molar refractivity (Wildman–Crippen MR) is 103 cm³/mol. The Bertz CT molecular complexity index is 895. The smallest absolute Gasteiger partial charge is 0.326 e. The Morgan fingerprint density at radius 3 is 2.68 bits per heavy atom. The van der Waals surface area contributed by atoms with Crippen molar-refractivity contribution in [3.05, 3.63) is 48.7 Å². The summed E-state index contributed by atoms with van der Waals surface area (Å²) in [6, 6.07) is 6.83. The van der Waals surface area contributed by atoms with Gasteiger partial charge in [-0.1, -0.05) is 24.3 Å². The molecule has 0 aliphatic heterocycles. The number of anilines is 1. The maximum atomic E-state index is 11.2. The average molecular weight is 386 g/mol. The molecular weight excluding hydrogens is 364 g/mol. The monoisotopic (exact) mass is 386 g/mol. The zero-order valence-electron chi connectivity index (χ0n) is 15.0. The number of nitrogens with zero attached hydrogens (tertiary/aromatic N) is 3. The first-order valence-corrected chi connectivity index (χ1v) is 8.41. The summed E-state index contributed by atoms with van der Waals surface area (Å²) in [5.41, 5.74) is 8.34. The van der Waals surface area contributed by atoms with Crippen molar-refractivity contribution >= 4 is 28.5 Å². The van der Waals surface area contributed by atoms with E-state index in [4.69, 9.17) is 16.7 Å². The van der Waals surface area contributed by atoms with Crippen LogP contribution in [0, 0.1) is 0 Å². The van der Waals surface area contributed by atoms with Crippen LogP contribution in [0.4, 0.5) is 5.82 Å². The molecule has 3 rings (SSSR count). The molecule has 2 heterocycles. The van der Waals surface area contributed by atoms with E-state index in [1.165, 1.54) is 12.5 Å². The summed E-state index contributed by atoms with van der Waals surface area (Å²) < 4.78 is 0. The number of hydrazine groups is 1. The molecule has 1 unspecified atom stereocenters. The minimum Gasteiger partial charge on any atom is -0.480 e. The van der Waals surface area contributed by atoms with Gasteiger partial charge in [0.15, 0.2) is 5.82 Å². The van der Waals surface area contributed by atoms with Crippen LogP contribution in [0.1, 0.15) is 12.1 Å². The Hall–Kier alpha value is -3.57. The summed E-state index contributed by atoms with van der Waals surface area (Å²) in [6.45, 7) is 0.197. The number of rotatable bonds is 7. The van der Waals surface area contributed by atoms with Crippen molar-refractivity contribution < 1.29 is 14.7 Å². The summed E-state index contributed by atoms with van der Waals surface area (Å²) in [5, 5.41) is 20.9. The lowest BCUT2D eigenvalue weighted by Gasteiger charge is -2.13. The fourth-order valence-electron chi connectivity index (χ4n) is 2.35. The zero-order chi connectivity index (χ0) is 20.4. The normalized spacial score (nSPS) is 11.2. The number of aliphatic carboxylic acids is 1. The van der Waals surface area contributed by atoms with Crippen LogP contribution in [0.5, 0.6) is 0 Å². The number of amides is 1. The third kappa shape index (κ3) is 6.00. The highest BCUT2D eigenvalue weighted by Crippen LogP contribution is 2.17. The Morgan fingerprint density at radius 1 is 1.25 bits per heavy atom. The molecule has 3 aromatic rings. The molecule has 8 N–H and O–H groups in total. The maximum Gasteiger partial charge on any atom is 0.326 e. The Balaban J connectivity index is 0.000000207. The molecule has 0 spiro atoms. The number of hydrogen-bond donors (Lipinski definition) is 6. The van der Waals surface area contributed by atoms with Crippen LogP contribution in [-0.2, 0) is 16.0 Å². The van der Waals surface area contributed by atoms with Gasteiger partial charge in [-0.2, -0.15) is 5.10 Å². The number of carboxylic acids is 1. The van der Waals surface area contributed by atoms with Crippen molar-refractivity contribution in [1.29, 1.82) is 0 Å². The highest BCUT2D eigenvalue weighted by molar-refractivity contribution is 5.90. The van der Waals surface area contributed by atoms with Gasteiger partial charge < -0.3 is 26.6 Å². The van der Waals surface area contributed by atoms with Gasteiger partial charge >= 0.3 is 5.97 Å². The minimum absolute atomic E-state index is 0.118. The Labute approximate surface area is 160 Å². The number of benzene rings is 1. The molecule has 0 fully saturated rings. The van der Waals surface area contributed by atoms with Gasteiger partial charge in [-0.25, -0.2) is 15.6 Å². The number of hydrogen-bond acceptors (Lipinski definition) is 8. The molecule has 0 aliphatic carbocycles. The third-order valence-electron chi connectivity index (χ3n) is 3.69. The van der Waals surface area contributed by atoms with E-state index >= 15 is 0 Å². The van der Waals surface area contributed by atoms with Crippen molar-refractivity contribution in [3.63, 3.8) is 0 Å². The van der Waals surface area contributed by atoms with E-state index in [1.807, 2.05) is 24.3 Å². The van der Waals surface area contributed by atoms with Gasteiger partial charge in [0.2, 0.25) is 5.91 Å². The number of carboxylic acid groups (broad SMARTS) is 1. The van der Waals surface area contributed by atoms with Crippen molar-refractivity contribution in [2.24, 2.45) is 11.6 Å². The second-order valence-corrected chi connectivity index (χ2v) is 5.70. The molecule has 1 atom stereocenters. The number of nitrogen functional groups attached to an aromatic ring is 1. The molecule has 148 valence electrons. The SMILES string of the molecule is NCCC(=O)NC(Cc1cnc[nH]1)C(=O)O.NNc1nncc2ccccc12. The minimum atomic E-state index is -1.08. The molecule has 0 saturated heterocycles. The molecule has 1 amide bonds. The van der Waals surface area contributed by atoms with Crippen LogP contribution in [-0.4, -0.2) is 49.7 Å². The molecular formula is C17H22N8O3. The molecule has 28 heavy (non-hydrogen) atoms. The fraction of sp³-hybridized carbons (Fsp3) is 0.235. The summed E-state index contributed by atoms with van der Waals surface area (Å²) >= 11 is 0. The highest BCUT2D eigenvalue weighted by atomic mass is 16.4. The van der Waals surface area contributed by atoms with Crippen LogP contribution in [0.3, 0.4) is 0 Å². The lowest BCUT2D eigenvalue weighted by Crippen LogP contribution is -2.42. The molecule has 0 radical (unpaired) electrons. The first-order chi connectivity index (χ1) is 13.5. The maximum absolute atomic E-state index is 11.2. The standard InChI is InChI=1S/C9H14N4O3.C8H8N4/c10-2-1-8(14)13-7(9(15)16)3-6-4-11-5-12-6;9-11-8-7-4-2-1-3-6(7)5-10-12-8/h4-5,7H,1-3,10H2,(H,11,12)(H,13,14)(H,15,16);1-5H,9H2,(H,11,12). The van der Waals surface area contributed by atoms with Crippen LogP contribution in [0.2, 0.25) is 0 Å². The van der Waals surface area contributed by atoms with Gasteiger partial charge in [-0.15, -0.1) is 5.10 Å². The van der Waals surface area contributed by atoms with E-state index in [0.717, 1.165) is 10.8 Å². The third-order valence-corrected chi connectivity index (χ3v) is 3.69. The second-order valence-electron chi connectivity index (χ2n) is 5.70. The highest BCUT2D eigenvalue weighted by Gasteiger charge is 2.20. The number of carbonyl (C=O) groups excluding carboxylic acids is 1. The first kappa shape index (κ1) is 20.7. The van der Waals surface area contributed by atoms with Crippen molar-refractivity contribution in [2.45, 2.75) is 18.9 Å². The Kier molecular flexibility index (Phi) is 7.81. The number of aromatic nitrogens is 4. The molecule has 0 aliphatic rings. The zero-order valence-corrected chi connectivity index (χ0v) is 15.0. The van der Waals surface area contributed by atoms with E-state index in [0.29, 0.717) is 11.5 Å². The lowest BCUT2D eigenvalue weighted by molar-refractivity contribution is -0.141. The van der Waals surface area contributed by atoms with Crippen LogP contribution in [0.15, 0.2) is 43.0 Å². The lowest BCUT2D eigenvalue weighted by atomic mass is 10.1. The summed E-state index contributed by atoms with van der Waals surface area (Å²) in [6.07, 6.45) is 4.97. The topological polar surface area (TPSA) is 185 Å². The van der Waals surface area contributed by atoms with E-state index in [1.54, 1.807) is 6.20 Å². The molecule has 2 aromatic heterocycles. The quantitative estimate of drug-likeness (QED) is 0.236. The number of nitrogens with two attached hydrogens (primary N) is 2.